The molecule has 4 heteroatoms. The number of aromatic nitrogens is 1. The fourth-order valence-corrected chi connectivity index (χ4v) is 4.29. The van der Waals surface area contributed by atoms with Crippen molar-refractivity contribution in [1.29, 1.82) is 0 Å². The molecule has 1 N–H and O–H groups in total. The Morgan fingerprint density at radius 2 is 2.00 bits per heavy atom. The highest BCUT2D eigenvalue weighted by molar-refractivity contribution is 5.26. The molecule has 1 atom stereocenters. The van der Waals surface area contributed by atoms with Crippen molar-refractivity contribution in [3.8, 4) is 12.3 Å². The van der Waals surface area contributed by atoms with Crippen LogP contribution in [0.2, 0.25) is 0 Å². The van der Waals surface area contributed by atoms with Gasteiger partial charge in [0.15, 0.2) is 0 Å². The molecule has 1 fully saturated rings. The number of aliphatic hydroxyl groups is 1. The predicted molar refractivity (Wildman–Crippen MR) is 118 cm³/mol. The van der Waals surface area contributed by atoms with Crippen LogP contribution in [-0.2, 0) is 17.8 Å². The number of rotatable bonds is 10. The third kappa shape index (κ3) is 6.47. The number of aryl methyl sites for hydroxylation is 1. The van der Waals surface area contributed by atoms with Crippen molar-refractivity contribution >= 4 is 0 Å². The molecule has 1 heterocycles. The van der Waals surface area contributed by atoms with E-state index in [0.717, 1.165) is 13.1 Å². The minimum absolute atomic E-state index is 0.250. The fraction of sp³-hybridized carbons (Fsp3) is 0.520. The summed E-state index contributed by atoms with van der Waals surface area (Å²) in [4.78, 5) is 2.45. The third-order valence-electron chi connectivity index (χ3n) is 5.92. The second-order valence-electron chi connectivity index (χ2n) is 8.15. The van der Waals surface area contributed by atoms with Gasteiger partial charge < -0.3 is 14.4 Å². The molecule has 29 heavy (non-hydrogen) atoms. The second-order valence-corrected chi connectivity index (χ2v) is 8.15. The van der Waals surface area contributed by atoms with Gasteiger partial charge in [-0.25, -0.2) is 0 Å². The molecular weight excluding hydrogens is 360 g/mol. The van der Waals surface area contributed by atoms with E-state index in [9.17, 15) is 5.11 Å². The molecule has 1 aliphatic carbocycles. The van der Waals surface area contributed by atoms with E-state index < -0.39 is 6.10 Å². The molecule has 1 unspecified atom stereocenters. The SMILES string of the molecule is C#CCOCC(O)CN(Cc1cccn1Cc1ccccc1C)C1CCCCC1. The van der Waals surface area contributed by atoms with Gasteiger partial charge in [0.25, 0.3) is 0 Å². The zero-order valence-corrected chi connectivity index (χ0v) is 17.6. The Labute approximate surface area is 175 Å². The van der Waals surface area contributed by atoms with E-state index in [1.165, 1.54) is 48.9 Å². The first-order valence-electron chi connectivity index (χ1n) is 10.8. The summed E-state index contributed by atoms with van der Waals surface area (Å²) < 4.78 is 7.70. The van der Waals surface area contributed by atoms with Crippen LogP contribution in [0.1, 0.15) is 48.9 Å². The van der Waals surface area contributed by atoms with Crippen molar-refractivity contribution in [3.63, 3.8) is 0 Å². The van der Waals surface area contributed by atoms with Gasteiger partial charge in [0.1, 0.15) is 6.61 Å². The van der Waals surface area contributed by atoms with Crippen LogP contribution in [0, 0.1) is 19.3 Å². The van der Waals surface area contributed by atoms with Gasteiger partial charge >= 0.3 is 0 Å². The molecule has 0 radical (unpaired) electrons. The lowest BCUT2D eigenvalue weighted by Gasteiger charge is -2.35. The average molecular weight is 395 g/mol. The van der Waals surface area contributed by atoms with Gasteiger partial charge in [-0.3, -0.25) is 4.90 Å². The number of benzene rings is 1. The van der Waals surface area contributed by atoms with Crippen LogP contribution >= 0.6 is 0 Å². The molecule has 0 spiro atoms. The molecule has 1 saturated carbocycles. The van der Waals surface area contributed by atoms with Gasteiger partial charge in [0.2, 0.25) is 0 Å². The summed E-state index contributed by atoms with van der Waals surface area (Å²) in [7, 11) is 0. The lowest BCUT2D eigenvalue weighted by atomic mass is 9.94. The highest BCUT2D eigenvalue weighted by Crippen LogP contribution is 2.25. The first-order chi connectivity index (χ1) is 14.2. The molecule has 4 nitrogen and oxygen atoms in total. The van der Waals surface area contributed by atoms with Crippen molar-refractivity contribution < 1.29 is 9.84 Å². The Bertz CT molecular complexity index is 786. The molecule has 0 aliphatic heterocycles. The molecule has 1 aromatic heterocycles. The van der Waals surface area contributed by atoms with Crippen molar-refractivity contribution in [3.05, 3.63) is 59.4 Å². The molecule has 3 rings (SSSR count). The standard InChI is InChI=1S/C25H34N2O2/c1-3-16-29-20-25(28)19-27(23-12-5-4-6-13-23)18-24-14-9-15-26(24)17-22-11-8-7-10-21(22)2/h1,7-11,14-15,23,25,28H,4-6,12-13,16-20H2,2H3. The number of ether oxygens (including phenoxy) is 1. The van der Waals surface area contributed by atoms with Gasteiger partial charge in [-0.1, -0.05) is 49.4 Å². The van der Waals surface area contributed by atoms with Crippen LogP contribution < -0.4 is 0 Å². The smallest absolute Gasteiger partial charge is 0.107 e. The fourth-order valence-electron chi connectivity index (χ4n) is 4.29. The summed E-state index contributed by atoms with van der Waals surface area (Å²) in [6, 6.07) is 13.4. The third-order valence-corrected chi connectivity index (χ3v) is 5.92. The van der Waals surface area contributed by atoms with Crippen LogP contribution in [0.3, 0.4) is 0 Å². The minimum Gasteiger partial charge on any atom is -0.389 e. The molecule has 156 valence electrons. The Balaban J connectivity index is 1.69. The van der Waals surface area contributed by atoms with Crippen LogP contribution in [0.15, 0.2) is 42.6 Å². The molecular formula is C25H34N2O2. The predicted octanol–water partition coefficient (Wildman–Crippen LogP) is 3.99. The Kier molecular flexibility index (Phi) is 8.37. The second kappa shape index (κ2) is 11.2. The largest absolute Gasteiger partial charge is 0.389 e. The lowest BCUT2D eigenvalue weighted by Crippen LogP contribution is -2.42. The topological polar surface area (TPSA) is 37.6 Å². The Morgan fingerprint density at radius 1 is 1.21 bits per heavy atom. The van der Waals surface area contributed by atoms with E-state index in [2.05, 4.69) is 64.9 Å². The average Bonchev–Trinajstić information content (AvgIpc) is 3.17. The minimum atomic E-state index is -0.523. The van der Waals surface area contributed by atoms with Gasteiger partial charge in [0, 0.05) is 37.6 Å². The van der Waals surface area contributed by atoms with Crippen molar-refractivity contribution in [1.82, 2.24) is 9.47 Å². The molecule has 0 amide bonds. The highest BCUT2D eigenvalue weighted by atomic mass is 16.5. The number of hydrogen-bond acceptors (Lipinski definition) is 3. The summed E-state index contributed by atoms with van der Waals surface area (Å²) in [5, 5.41) is 10.5. The quantitative estimate of drug-likeness (QED) is 0.489. The van der Waals surface area contributed by atoms with E-state index >= 15 is 0 Å². The number of aliphatic hydroxyl groups excluding tert-OH is 1. The summed E-state index contributed by atoms with van der Waals surface area (Å²) in [6.07, 6.45) is 13.2. The van der Waals surface area contributed by atoms with Crippen LogP contribution in [0.25, 0.3) is 0 Å². The maximum atomic E-state index is 10.5. The molecule has 1 aromatic carbocycles. The number of nitrogens with zero attached hydrogens (tertiary/aromatic N) is 2. The zero-order chi connectivity index (χ0) is 20.5. The normalized spacial score (nSPS) is 16.1. The number of hydrogen-bond donors (Lipinski definition) is 1. The monoisotopic (exact) mass is 394 g/mol. The molecule has 0 bridgehead atoms. The Hall–Kier alpha value is -2.06. The summed E-state index contributed by atoms with van der Waals surface area (Å²) in [5.74, 6) is 2.46. The van der Waals surface area contributed by atoms with Gasteiger partial charge in [-0.15, -0.1) is 6.42 Å². The van der Waals surface area contributed by atoms with Crippen LogP contribution in [0.5, 0.6) is 0 Å². The highest BCUT2D eigenvalue weighted by Gasteiger charge is 2.24. The molecule has 0 saturated heterocycles. The maximum absolute atomic E-state index is 10.5. The summed E-state index contributed by atoms with van der Waals surface area (Å²) in [6.45, 7) is 5.04. The van der Waals surface area contributed by atoms with Crippen LogP contribution in [0.4, 0.5) is 0 Å². The van der Waals surface area contributed by atoms with E-state index in [1.807, 2.05) is 0 Å². The first kappa shape index (κ1) is 21.6. The van der Waals surface area contributed by atoms with Gasteiger partial charge in [0.05, 0.1) is 12.7 Å². The first-order valence-corrected chi connectivity index (χ1v) is 10.8. The Morgan fingerprint density at radius 3 is 2.76 bits per heavy atom. The van der Waals surface area contributed by atoms with Gasteiger partial charge in [-0.05, 0) is 43.0 Å². The zero-order valence-electron chi connectivity index (χ0n) is 17.6. The van der Waals surface area contributed by atoms with E-state index in [-0.39, 0.29) is 13.2 Å². The van der Waals surface area contributed by atoms with Crippen molar-refractivity contribution in [2.45, 2.75) is 64.3 Å². The van der Waals surface area contributed by atoms with Crippen molar-refractivity contribution in [2.24, 2.45) is 0 Å². The maximum Gasteiger partial charge on any atom is 0.107 e. The lowest BCUT2D eigenvalue weighted by molar-refractivity contribution is 0.0101. The molecule has 2 aromatic rings. The van der Waals surface area contributed by atoms with Gasteiger partial charge in [-0.2, -0.15) is 0 Å². The van der Waals surface area contributed by atoms with E-state index in [4.69, 9.17) is 11.2 Å². The summed E-state index contributed by atoms with van der Waals surface area (Å²) in [5.41, 5.74) is 3.95. The van der Waals surface area contributed by atoms with Crippen LogP contribution in [-0.4, -0.2) is 46.5 Å². The van der Waals surface area contributed by atoms with Crippen molar-refractivity contribution in [2.75, 3.05) is 19.8 Å². The van der Waals surface area contributed by atoms with E-state index in [1.54, 1.807) is 0 Å². The number of terminal acetylenes is 1. The molecule has 1 aliphatic rings. The summed E-state index contributed by atoms with van der Waals surface area (Å²) >= 11 is 0. The van der Waals surface area contributed by atoms with E-state index in [0.29, 0.717) is 12.6 Å².